The molecule has 0 aliphatic carbocycles. The third kappa shape index (κ3) is 3.85. The van der Waals surface area contributed by atoms with Crippen LogP contribution in [0.1, 0.15) is 28.6 Å². The highest BCUT2D eigenvalue weighted by molar-refractivity contribution is 6.06. The maximum absolute atomic E-state index is 13.0. The molecule has 0 saturated heterocycles. The normalized spacial score (nSPS) is 12.8. The number of carbonyl (C=O) groups is 1. The Morgan fingerprint density at radius 1 is 1.36 bits per heavy atom. The van der Waals surface area contributed by atoms with Crippen LogP contribution < -0.4 is 15.6 Å². The quantitative estimate of drug-likeness (QED) is 0.692. The predicted octanol–water partition coefficient (Wildman–Crippen LogP) is 3.04. The van der Waals surface area contributed by atoms with Gasteiger partial charge in [0.2, 0.25) is 5.71 Å². The molecule has 2 heterocycles. The first-order chi connectivity index (χ1) is 13.2. The molecule has 0 radical (unpaired) electrons. The molecular weight excluding hydrogens is 379 g/mol. The summed E-state index contributed by atoms with van der Waals surface area (Å²) in [6, 6.07) is 4.16. The number of furan rings is 1. The topological polar surface area (TPSA) is 97.2 Å². The number of benzene rings is 1. The Labute approximate surface area is 156 Å². The predicted molar refractivity (Wildman–Crippen MR) is 93.2 cm³/mol. The number of carbonyl (C=O) groups excluding carboxylic acids is 1. The number of ether oxygens (including phenoxy) is 1. The van der Waals surface area contributed by atoms with Crippen molar-refractivity contribution in [3.63, 3.8) is 0 Å². The van der Waals surface area contributed by atoms with E-state index in [1.165, 1.54) is 25.1 Å². The number of alkyl halides is 3. The van der Waals surface area contributed by atoms with Crippen LogP contribution in [0.15, 0.2) is 39.8 Å². The van der Waals surface area contributed by atoms with E-state index in [2.05, 4.69) is 15.3 Å². The highest BCUT2D eigenvalue weighted by Crippen LogP contribution is 2.35. The summed E-state index contributed by atoms with van der Waals surface area (Å²) in [6.45, 7) is 2.87. The summed E-state index contributed by atoms with van der Waals surface area (Å²) < 4.78 is 49.6. The Morgan fingerprint density at radius 2 is 2.07 bits per heavy atom. The number of rotatable bonds is 5. The SMILES string of the molecule is Cc1oc2nc[nH]c(=O)c2c1C(=O)NC(C)COc1ccccc1C(F)(F)F. The minimum Gasteiger partial charge on any atom is -0.491 e. The molecule has 2 aromatic heterocycles. The first kappa shape index (κ1) is 19.5. The monoisotopic (exact) mass is 395 g/mol. The molecule has 0 fully saturated rings. The zero-order valence-corrected chi connectivity index (χ0v) is 14.9. The minimum atomic E-state index is -4.55. The van der Waals surface area contributed by atoms with Crippen LogP contribution in [0.4, 0.5) is 13.2 Å². The van der Waals surface area contributed by atoms with Gasteiger partial charge >= 0.3 is 6.18 Å². The van der Waals surface area contributed by atoms with Crippen LogP contribution in [-0.2, 0) is 6.18 Å². The van der Waals surface area contributed by atoms with Crippen molar-refractivity contribution in [1.29, 1.82) is 0 Å². The molecule has 28 heavy (non-hydrogen) atoms. The number of nitrogens with zero attached hydrogens (tertiary/aromatic N) is 1. The molecular formula is C18H16F3N3O4. The highest BCUT2D eigenvalue weighted by Gasteiger charge is 2.34. The lowest BCUT2D eigenvalue weighted by Crippen LogP contribution is -2.37. The second-order valence-corrected chi connectivity index (χ2v) is 6.12. The number of aryl methyl sites for hydroxylation is 1. The molecule has 7 nitrogen and oxygen atoms in total. The Morgan fingerprint density at radius 3 is 2.79 bits per heavy atom. The molecule has 3 rings (SSSR count). The first-order valence-electron chi connectivity index (χ1n) is 8.25. The average molecular weight is 395 g/mol. The molecule has 10 heteroatoms. The minimum absolute atomic E-state index is 0.00744. The summed E-state index contributed by atoms with van der Waals surface area (Å²) in [7, 11) is 0. The molecule has 1 atom stereocenters. The van der Waals surface area contributed by atoms with Crippen molar-refractivity contribution in [1.82, 2.24) is 15.3 Å². The maximum atomic E-state index is 13.0. The number of H-pyrrole nitrogens is 1. The highest BCUT2D eigenvalue weighted by atomic mass is 19.4. The van der Waals surface area contributed by atoms with Crippen LogP contribution >= 0.6 is 0 Å². The van der Waals surface area contributed by atoms with Crippen molar-refractivity contribution in [2.75, 3.05) is 6.61 Å². The standard InChI is InChI=1S/C18H16F3N3O4/c1-9(7-27-12-6-4-3-5-11(12)18(19,20)21)24-16(26)13-10(2)28-17-14(13)15(25)22-8-23-17/h3-6,8-9H,7H2,1-2H3,(H,24,26)(H,22,23,25). The second kappa shape index (κ2) is 7.37. The van der Waals surface area contributed by atoms with Crippen LogP contribution in [0.2, 0.25) is 0 Å². The van der Waals surface area contributed by atoms with E-state index >= 15 is 0 Å². The number of amides is 1. The molecule has 1 amide bonds. The van der Waals surface area contributed by atoms with Crippen LogP contribution in [-0.4, -0.2) is 28.5 Å². The second-order valence-electron chi connectivity index (χ2n) is 6.12. The van der Waals surface area contributed by atoms with Crippen LogP contribution in [0, 0.1) is 6.92 Å². The lowest BCUT2D eigenvalue weighted by atomic mass is 10.1. The van der Waals surface area contributed by atoms with Crippen molar-refractivity contribution in [2.45, 2.75) is 26.1 Å². The molecule has 148 valence electrons. The van der Waals surface area contributed by atoms with Gasteiger partial charge < -0.3 is 19.5 Å². The lowest BCUT2D eigenvalue weighted by Gasteiger charge is -2.17. The van der Waals surface area contributed by atoms with E-state index < -0.39 is 29.2 Å². The van der Waals surface area contributed by atoms with Crippen molar-refractivity contribution < 1.29 is 27.1 Å². The van der Waals surface area contributed by atoms with Gasteiger partial charge in [-0.15, -0.1) is 0 Å². The summed E-state index contributed by atoms with van der Waals surface area (Å²) in [6.07, 6.45) is -3.40. The molecule has 1 unspecified atom stereocenters. The Bertz CT molecular complexity index is 1070. The van der Waals surface area contributed by atoms with Crippen LogP contribution in [0.25, 0.3) is 11.1 Å². The molecule has 1 aromatic carbocycles. The van der Waals surface area contributed by atoms with E-state index in [9.17, 15) is 22.8 Å². The van der Waals surface area contributed by atoms with Crippen molar-refractivity contribution in [2.24, 2.45) is 0 Å². The molecule has 0 spiro atoms. The molecule has 0 aliphatic rings. The van der Waals surface area contributed by atoms with Gasteiger partial charge in [0, 0.05) is 0 Å². The van der Waals surface area contributed by atoms with Crippen molar-refractivity contribution >= 4 is 17.0 Å². The number of aromatic amines is 1. The summed E-state index contributed by atoms with van der Waals surface area (Å²) in [5.41, 5.74) is -1.39. The van der Waals surface area contributed by atoms with Gasteiger partial charge in [-0.25, -0.2) is 4.98 Å². The first-order valence-corrected chi connectivity index (χ1v) is 8.25. The van der Waals surface area contributed by atoms with E-state index in [4.69, 9.17) is 9.15 Å². The summed E-state index contributed by atoms with van der Waals surface area (Å²) in [5.74, 6) is -0.746. The molecule has 0 saturated carbocycles. The maximum Gasteiger partial charge on any atom is 0.419 e. The van der Waals surface area contributed by atoms with Gasteiger partial charge in [0.25, 0.3) is 11.5 Å². The number of para-hydroxylation sites is 1. The fourth-order valence-electron chi connectivity index (χ4n) is 2.71. The fourth-order valence-corrected chi connectivity index (χ4v) is 2.71. The third-order valence-corrected chi connectivity index (χ3v) is 3.96. The lowest BCUT2D eigenvalue weighted by molar-refractivity contribution is -0.139. The molecule has 3 aromatic rings. The summed E-state index contributed by atoms with van der Waals surface area (Å²) >= 11 is 0. The van der Waals surface area contributed by atoms with Crippen molar-refractivity contribution in [3.8, 4) is 5.75 Å². The van der Waals surface area contributed by atoms with Gasteiger partial charge in [0.15, 0.2) is 0 Å². The number of fused-ring (bicyclic) bond motifs is 1. The fraction of sp³-hybridized carbons (Fsp3) is 0.278. The third-order valence-electron chi connectivity index (χ3n) is 3.96. The van der Waals surface area contributed by atoms with Crippen LogP contribution in [0.3, 0.4) is 0 Å². The number of nitrogens with one attached hydrogen (secondary N) is 2. The van der Waals surface area contributed by atoms with Gasteiger partial charge in [0.1, 0.15) is 23.5 Å². The number of aromatic nitrogens is 2. The largest absolute Gasteiger partial charge is 0.491 e. The van der Waals surface area contributed by atoms with Gasteiger partial charge in [-0.1, -0.05) is 12.1 Å². The summed E-state index contributed by atoms with van der Waals surface area (Å²) in [4.78, 5) is 30.8. The van der Waals surface area contributed by atoms with Crippen LogP contribution in [0.5, 0.6) is 5.75 Å². The van der Waals surface area contributed by atoms with Crippen molar-refractivity contribution in [3.05, 3.63) is 57.8 Å². The summed E-state index contributed by atoms with van der Waals surface area (Å²) in [5, 5.41) is 2.59. The van der Waals surface area contributed by atoms with E-state index in [-0.39, 0.29) is 34.8 Å². The molecule has 0 aliphatic heterocycles. The molecule has 2 N–H and O–H groups in total. The van der Waals surface area contributed by atoms with Gasteiger partial charge in [-0.3, -0.25) is 9.59 Å². The van der Waals surface area contributed by atoms with E-state index in [0.29, 0.717) is 0 Å². The van der Waals surface area contributed by atoms with E-state index in [0.717, 1.165) is 12.4 Å². The number of hydrogen-bond donors (Lipinski definition) is 2. The van der Waals surface area contributed by atoms with Gasteiger partial charge in [0.05, 0.1) is 23.5 Å². The van der Waals surface area contributed by atoms with E-state index in [1.54, 1.807) is 6.92 Å². The van der Waals surface area contributed by atoms with E-state index in [1.807, 2.05) is 0 Å². The van der Waals surface area contributed by atoms with Gasteiger partial charge in [-0.2, -0.15) is 13.2 Å². The zero-order chi connectivity index (χ0) is 20.5. The van der Waals surface area contributed by atoms with Gasteiger partial charge in [-0.05, 0) is 26.0 Å². The molecule has 0 bridgehead atoms. The zero-order valence-electron chi connectivity index (χ0n) is 14.9. The number of halogens is 3. The number of hydrogen-bond acceptors (Lipinski definition) is 5. The average Bonchev–Trinajstić information content (AvgIpc) is 2.97. The Balaban J connectivity index is 1.73. The smallest absolute Gasteiger partial charge is 0.419 e. The Kier molecular flexibility index (Phi) is 5.12. The Hall–Kier alpha value is -3.30.